The second kappa shape index (κ2) is 8.73. The first-order valence-electron chi connectivity index (χ1n) is 9.03. The van der Waals surface area contributed by atoms with Gasteiger partial charge in [0, 0.05) is 10.5 Å². The van der Waals surface area contributed by atoms with Crippen molar-refractivity contribution in [3.63, 3.8) is 0 Å². The molecule has 0 unspecified atom stereocenters. The Morgan fingerprint density at radius 3 is 2.63 bits per heavy atom. The molecular weight excluding hydrogens is 424 g/mol. The number of aromatic nitrogens is 3. The van der Waals surface area contributed by atoms with Gasteiger partial charge in [-0.15, -0.1) is 16.9 Å². The minimum absolute atomic E-state index is 0.00134. The zero-order valence-electron chi connectivity index (χ0n) is 16.2. The Balaban J connectivity index is 1.51. The summed E-state index contributed by atoms with van der Waals surface area (Å²) in [6.07, 6.45) is 2.49. The SMILES string of the molecule is CSc1ccc(Cc2nnc(NC(=O)c3c(-c4ccccc4Cl)noc3C)o2)cc1. The Morgan fingerprint density at radius 2 is 1.90 bits per heavy atom. The van der Waals surface area contributed by atoms with E-state index in [1.807, 2.05) is 36.6 Å². The van der Waals surface area contributed by atoms with Crippen LogP contribution in [-0.2, 0) is 6.42 Å². The Morgan fingerprint density at radius 1 is 1.13 bits per heavy atom. The van der Waals surface area contributed by atoms with E-state index in [9.17, 15) is 4.79 Å². The maximum Gasteiger partial charge on any atom is 0.322 e. The van der Waals surface area contributed by atoms with Crippen LogP contribution in [0.15, 0.2) is 62.4 Å². The second-order valence-corrected chi connectivity index (χ2v) is 7.71. The number of thioether (sulfide) groups is 1. The highest BCUT2D eigenvalue weighted by Crippen LogP contribution is 2.31. The zero-order chi connectivity index (χ0) is 21.1. The van der Waals surface area contributed by atoms with Gasteiger partial charge in [0.1, 0.15) is 17.0 Å². The molecule has 2 aromatic carbocycles. The Labute approximate surface area is 181 Å². The van der Waals surface area contributed by atoms with E-state index >= 15 is 0 Å². The van der Waals surface area contributed by atoms with Gasteiger partial charge < -0.3 is 8.94 Å². The molecule has 4 rings (SSSR count). The smallest absolute Gasteiger partial charge is 0.322 e. The number of carbonyl (C=O) groups is 1. The Kier molecular flexibility index (Phi) is 5.87. The molecule has 0 saturated heterocycles. The predicted molar refractivity (Wildman–Crippen MR) is 115 cm³/mol. The summed E-state index contributed by atoms with van der Waals surface area (Å²) < 4.78 is 10.8. The number of nitrogens with one attached hydrogen (secondary N) is 1. The zero-order valence-corrected chi connectivity index (χ0v) is 17.8. The standard InChI is InChI=1S/C21H17ClN4O3S/c1-12-18(19(26-29-12)15-5-3-4-6-16(15)22)20(27)23-21-25-24-17(28-21)11-13-7-9-14(30-2)10-8-13/h3-10H,11H2,1-2H3,(H,23,25,27). The predicted octanol–water partition coefficient (Wildman–Crippen LogP) is 5.25. The molecule has 30 heavy (non-hydrogen) atoms. The molecule has 1 amide bonds. The van der Waals surface area contributed by atoms with Gasteiger partial charge >= 0.3 is 6.01 Å². The number of amides is 1. The van der Waals surface area contributed by atoms with Crippen LogP contribution in [0.2, 0.25) is 5.02 Å². The van der Waals surface area contributed by atoms with Gasteiger partial charge in [-0.1, -0.05) is 52.2 Å². The van der Waals surface area contributed by atoms with Gasteiger partial charge in [-0.2, -0.15) is 0 Å². The minimum atomic E-state index is -0.469. The van der Waals surface area contributed by atoms with Gasteiger partial charge in [0.15, 0.2) is 0 Å². The maximum absolute atomic E-state index is 12.9. The van der Waals surface area contributed by atoms with Crippen LogP contribution < -0.4 is 5.32 Å². The first kappa shape index (κ1) is 20.2. The van der Waals surface area contributed by atoms with Gasteiger partial charge in [-0.25, -0.2) is 0 Å². The molecule has 0 bridgehead atoms. The van der Waals surface area contributed by atoms with E-state index in [2.05, 4.69) is 20.7 Å². The van der Waals surface area contributed by atoms with Crippen molar-refractivity contribution in [2.24, 2.45) is 0 Å². The fourth-order valence-electron chi connectivity index (χ4n) is 2.93. The highest BCUT2D eigenvalue weighted by atomic mass is 35.5. The van der Waals surface area contributed by atoms with Crippen LogP contribution >= 0.6 is 23.4 Å². The third kappa shape index (κ3) is 4.24. The molecule has 7 nitrogen and oxygen atoms in total. The lowest BCUT2D eigenvalue weighted by Gasteiger charge is -2.04. The van der Waals surface area contributed by atoms with Crippen molar-refractivity contribution in [2.45, 2.75) is 18.2 Å². The van der Waals surface area contributed by atoms with E-state index in [0.717, 1.165) is 5.56 Å². The summed E-state index contributed by atoms with van der Waals surface area (Å²) in [6, 6.07) is 15.2. The van der Waals surface area contributed by atoms with E-state index in [1.54, 1.807) is 36.9 Å². The molecule has 0 aliphatic rings. The summed E-state index contributed by atoms with van der Waals surface area (Å²) in [4.78, 5) is 14.0. The summed E-state index contributed by atoms with van der Waals surface area (Å²) in [5.41, 5.74) is 2.24. The number of anilines is 1. The lowest BCUT2D eigenvalue weighted by Crippen LogP contribution is -2.13. The summed E-state index contributed by atoms with van der Waals surface area (Å²) in [7, 11) is 0. The average molecular weight is 441 g/mol. The Hall–Kier alpha value is -3.10. The lowest BCUT2D eigenvalue weighted by molar-refractivity contribution is 0.102. The third-order valence-corrected chi connectivity index (χ3v) is 5.49. The van der Waals surface area contributed by atoms with Crippen molar-refractivity contribution in [3.8, 4) is 11.3 Å². The van der Waals surface area contributed by atoms with Gasteiger partial charge in [-0.05, 0) is 36.9 Å². The molecular formula is C21H17ClN4O3S. The van der Waals surface area contributed by atoms with Gasteiger partial charge in [-0.3, -0.25) is 10.1 Å². The Bertz CT molecular complexity index is 1190. The van der Waals surface area contributed by atoms with Gasteiger partial charge in [0.25, 0.3) is 5.91 Å². The average Bonchev–Trinajstić information content (AvgIpc) is 3.35. The third-order valence-electron chi connectivity index (χ3n) is 4.42. The van der Waals surface area contributed by atoms with Gasteiger partial charge in [0.05, 0.1) is 11.4 Å². The van der Waals surface area contributed by atoms with E-state index in [-0.39, 0.29) is 11.6 Å². The van der Waals surface area contributed by atoms with Crippen LogP contribution in [0.3, 0.4) is 0 Å². The molecule has 9 heteroatoms. The summed E-state index contributed by atoms with van der Waals surface area (Å²) >= 11 is 7.92. The highest BCUT2D eigenvalue weighted by Gasteiger charge is 2.24. The summed E-state index contributed by atoms with van der Waals surface area (Å²) in [5.74, 6) is 0.287. The summed E-state index contributed by atoms with van der Waals surface area (Å²) in [6.45, 7) is 1.65. The first-order chi connectivity index (χ1) is 14.5. The van der Waals surface area contributed by atoms with E-state index in [0.29, 0.717) is 34.4 Å². The molecule has 152 valence electrons. The second-order valence-electron chi connectivity index (χ2n) is 6.42. The summed E-state index contributed by atoms with van der Waals surface area (Å²) in [5, 5.41) is 15.0. The monoisotopic (exact) mass is 440 g/mol. The quantitative estimate of drug-likeness (QED) is 0.409. The number of aryl methyl sites for hydroxylation is 1. The van der Waals surface area contributed by atoms with Crippen molar-refractivity contribution in [1.82, 2.24) is 15.4 Å². The van der Waals surface area contributed by atoms with E-state index < -0.39 is 5.91 Å². The van der Waals surface area contributed by atoms with Crippen LogP contribution in [0.4, 0.5) is 6.01 Å². The van der Waals surface area contributed by atoms with Crippen LogP contribution in [0, 0.1) is 6.92 Å². The molecule has 0 saturated carbocycles. The lowest BCUT2D eigenvalue weighted by atomic mass is 10.1. The molecule has 4 aromatic rings. The first-order valence-corrected chi connectivity index (χ1v) is 10.6. The van der Waals surface area contributed by atoms with Crippen molar-refractivity contribution < 1.29 is 13.7 Å². The fourth-order valence-corrected chi connectivity index (χ4v) is 3.56. The molecule has 2 aromatic heterocycles. The topological polar surface area (TPSA) is 94.1 Å². The number of benzene rings is 2. The van der Waals surface area contributed by atoms with Crippen LogP contribution in [0.1, 0.15) is 27.6 Å². The molecule has 1 N–H and O–H groups in total. The van der Waals surface area contributed by atoms with Crippen LogP contribution in [0.5, 0.6) is 0 Å². The van der Waals surface area contributed by atoms with Crippen molar-refractivity contribution >= 4 is 35.3 Å². The number of rotatable bonds is 6. The minimum Gasteiger partial charge on any atom is -0.407 e. The van der Waals surface area contributed by atoms with E-state index in [4.69, 9.17) is 20.5 Å². The normalized spacial score (nSPS) is 10.9. The van der Waals surface area contributed by atoms with E-state index in [1.165, 1.54) is 4.90 Å². The molecule has 0 aliphatic heterocycles. The molecule has 0 spiro atoms. The van der Waals surface area contributed by atoms with Gasteiger partial charge in [0.2, 0.25) is 5.89 Å². The molecule has 2 heterocycles. The number of hydrogen-bond donors (Lipinski definition) is 1. The van der Waals surface area contributed by atoms with Crippen molar-refractivity contribution in [3.05, 3.63) is 76.3 Å². The van der Waals surface area contributed by atoms with Crippen LogP contribution in [0.25, 0.3) is 11.3 Å². The number of carbonyl (C=O) groups excluding carboxylic acids is 1. The van der Waals surface area contributed by atoms with Crippen molar-refractivity contribution in [2.75, 3.05) is 11.6 Å². The molecule has 0 fully saturated rings. The number of halogens is 1. The number of hydrogen-bond acceptors (Lipinski definition) is 7. The van der Waals surface area contributed by atoms with Crippen molar-refractivity contribution in [1.29, 1.82) is 0 Å². The largest absolute Gasteiger partial charge is 0.407 e. The highest BCUT2D eigenvalue weighted by molar-refractivity contribution is 7.98. The fraction of sp³-hybridized carbons (Fsp3) is 0.143. The maximum atomic E-state index is 12.9. The molecule has 0 aliphatic carbocycles. The molecule has 0 radical (unpaired) electrons. The molecule has 0 atom stereocenters. The number of nitrogens with zero attached hydrogens (tertiary/aromatic N) is 3. The van der Waals surface area contributed by atoms with Crippen LogP contribution in [-0.4, -0.2) is 27.5 Å².